The van der Waals surface area contributed by atoms with Crippen molar-refractivity contribution in [1.29, 1.82) is 0 Å². The van der Waals surface area contributed by atoms with Gasteiger partial charge in [-0.3, -0.25) is 4.79 Å². The van der Waals surface area contributed by atoms with Crippen molar-refractivity contribution in [2.75, 3.05) is 0 Å². The number of carbonyl (C=O) groups excluding carboxylic acids is 1. The average molecular weight is 284 g/mol. The summed E-state index contributed by atoms with van der Waals surface area (Å²) in [6.07, 6.45) is 1.81. The highest BCUT2D eigenvalue weighted by atomic mass is 19.1. The molecule has 3 aromatic rings. The first-order valence-corrected chi connectivity index (χ1v) is 6.48. The van der Waals surface area contributed by atoms with Crippen LogP contribution in [0.4, 0.5) is 4.39 Å². The van der Waals surface area contributed by atoms with E-state index in [9.17, 15) is 9.18 Å². The van der Waals surface area contributed by atoms with E-state index in [1.807, 2.05) is 18.3 Å². The van der Waals surface area contributed by atoms with Gasteiger partial charge in [-0.15, -0.1) is 0 Å². The van der Waals surface area contributed by atoms with Gasteiger partial charge in [0.1, 0.15) is 11.5 Å². The van der Waals surface area contributed by atoms with Crippen LogP contribution in [0, 0.1) is 12.7 Å². The number of nitrogens with zero attached hydrogens (tertiary/aromatic N) is 2. The van der Waals surface area contributed by atoms with Gasteiger partial charge in [0.05, 0.1) is 11.1 Å². The summed E-state index contributed by atoms with van der Waals surface area (Å²) < 4.78 is 20.2. The van der Waals surface area contributed by atoms with Gasteiger partial charge >= 0.3 is 5.97 Å². The Morgan fingerprint density at radius 2 is 1.95 bits per heavy atom. The molecule has 0 unspecified atom stereocenters. The van der Waals surface area contributed by atoms with Crippen LogP contribution < -0.4 is 4.74 Å². The van der Waals surface area contributed by atoms with Crippen LogP contribution in [0.3, 0.4) is 0 Å². The zero-order valence-electron chi connectivity index (χ0n) is 11.6. The van der Waals surface area contributed by atoms with Crippen LogP contribution in [0.15, 0.2) is 42.6 Å². The lowest BCUT2D eigenvalue weighted by atomic mass is 10.0. The van der Waals surface area contributed by atoms with E-state index in [-0.39, 0.29) is 5.82 Å². The minimum atomic E-state index is -0.417. The van der Waals surface area contributed by atoms with E-state index < -0.39 is 5.97 Å². The third-order valence-electron chi connectivity index (χ3n) is 3.18. The summed E-state index contributed by atoms with van der Waals surface area (Å²) >= 11 is 0. The first-order valence-electron chi connectivity index (χ1n) is 6.48. The second kappa shape index (κ2) is 5.01. The molecule has 0 atom stereocenters. The van der Waals surface area contributed by atoms with Crippen molar-refractivity contribution in [3.63, 3.8) is 0 Å². The number of benzene rings is 1. The van der Waals surface area contributed by atoms with Gasteiger partial charge in [0.2, 0.25) is 0 Å². The average Bonchev–Trinajstić information content (AvgIpc) is 2.88. The first kappa shape index (κ1) is 13.3. The highest BCUT2D eigenvalue weighted by Gasteiger charge is 2.17. The van der Waals surface area contributed by atoms with Crippen molar-refractivity contribution in [2.45, 2.75) is 13.8 Å². The fourth-order valence-corrected chi connectivity index (χ4v) is 2.33. The van der Waals surface area contributed by atoms with Gasteiger partial charge in [-0.2, -0.15) is 5.10 Å². The minimum Gasteiger partial charge on any atom is -0.424 e. The van der Waals surface area contributed by atoms with Crippen LogP contribution >= 0.6 is 0 Å². The van der Waals surface area contributed by atoms with E-state index in [4.69, 9.17) is 4.74 Å². The van der Waals surface area contributed by atoms with E-state index in [1.165, 1.54) is 19.1 Å². The van der Waals surface area contributed by atoms with E-state index in [2.05, 4.69) is 5.10 Å². The van der Waals surface area contributed by atoms with Crippen LogP contribution in [0.5, 0.6) is 5.75 Å². The molecule has 2 aromatic heterocycles. The molecule has 0 spiro atoms. The molecule has 0 N–H and O–H groups in total. The van der Waals surface area contributed by atoms with Crippen LogP contribution in [0.25, 0.3) is 16.6 Å². The Labute approximate surface area is 120 Å². The normalized spacial score (nSPS) is 10.8. The number of fused-ring (bicyclic) bond motifs is 1. The van der Waals surface area contributed by atoms with E-state index in [0.29, 0.717) is 11.4 Å². The number of ether oxygens (including phenoxy) is 1. The Balaban J connectivity index is 2.33. The lowest BCUT2D eigenvalue weighted by Crippen LogP contribution is -2.08. The summed E-state index contributed by atoms with van der Waals surface area (Å²) in [7, 11) is 0. The molecular weight excluding hydrogens is 271 g/mol. The molecular formula is C16H13FN2O2. The Hall–Kier alpha value is -2.69. The Morgan fingerprint density at radius 3 is 2.62 bits per heavy atom. The Bertz CT molecular complexity index is 822. The van der Waals surface area contributed by atoms with E-state index >= 15 is 0 Å². The fourth-order valence-electron chi connectivity index (χ4n) is 2.33. The molecule has 5 heteroatoms. The Morgan fingerprint density at radius 1 is 1.24 bits per heavy atom. The number of aromatic nitrogens is 2. The van der Waals surface area contributed by atoms with E-state index in [1.54, 1.807) is 23.6 Å². The zero-order chi connectivity index (χ0) is 15.0. The molecule has 0 aliphatic carbocycles. The molecule has 0 aliphatic rings. The molecule has 0 amide bonds. The van der Waals surface area contributed by atoms with Crippen LogP contribution in [0.2, 0.25) is 0 Å². The third-order valence-corrected chi connectivity index (χ3v) is 3.18. The van der Waals surface area contributed by atoms with Gasteiger partial charge < -0.3 is 4.74 Å². The summed E-state index contributed by atoms with van der Waals surface area (Å²) in [6.45, 7) is 3.11. The van der Waals surface area contributed by atoms with E-state index in [0.717, 1.165) is 16.6 Å². The van der Waals surface area contributed by atoms with Crippen molar-refractivity contribution in [3.8, 4) is 16.9 Å². The minimum absolute atomic E-state index is 0.315. The molecule has 0 radical (unpaired) electrons. The molecule has 21 heavy (non-hydrogen) atoms. The number of halogens is 1. The summed E-state index contributed by atoms with van der Waals surface area (Å²) in [5.74, 6) is -0.329. The number of hydrogen-bond acceptors (Lipinski definition) is 3. The number of carbonyl (C=O) groups is 1. The van der Waals surface area contributed by atoms with Crippen molar-refractivity contribution >= 4 is 11.5 Å². The topological polar surface area (TPSA) is 43.6 Å². The van der Waals surface area contributed by atoms with Crippen LogP contribution in [-0.2, 0) is 4.79 Å². The fraction of sp³-hybridized carbons (Fsp3) is 0.125. The van der Waals surface area contributed by atoms with Gasteiger partial charge in [0.15, 0.2) is 5.75 Å². The van der Waals surface area contributed by atoms with Crippen molar-refractivity contribution in [1.82, 2.24) is 9.61 Å². The molecule has 3 rings (SSSR count). The van der Waals surface area contributed by atoms with Gasteiger partial charge in [-0.1, -0.05) is 12.1 Å². The van der Waals surface area contributed by atoms with Gasteiger partial charge in [0, 0.05) is 13.1 Å². The van der Waals surface area contributed by atoms with Crippen molar-refractivity contribution in [3.05, 3.63) is 54.1 Å². The maximum atomic E-state index is 13.1. The monoisotopic (exact) mass is 284 g/mol. The maximum Gasteiger partial charge on any atom is 0.308 e. The standard InChI is InChI=1S/C16H13FN2O2/c1-10-16(21-11(2)20)15(12-5-7-13(17)8-6-12)14-4-3-9-19(14)18-10/h3-9H,1-2H3. The van der Waals surface area contributed by atoms with Crippen molar-refractivity contribution < 1.29 is 13.9 Å². The molecule has 0 saturated heterocycles. The lowest BCUT2D eigenvalue weighted by Gasteiger charge is -2.13. The molecule has 1 aromatic carbocycles. The number of esters is 1. The predicted molar refractivity (Wildman–Crippen MR) is 76.6 cm³/mol. The first-order chi connectivity index (χ1) is 10.1. The van der Waals surface area contributed by atoms with Crippen molar-refractivity contribution in [2.24, 2.45) is 0 Å². The number of aryl methyl sites for hydroxylation is 1. The molecule has 106 valence electrons. The SMILES string of the molecule is CC(=O)Oc1c(C)nn2cccc2c1-c1ccc(F)cc1. The van der Waals surface area contributed by atoms with Gasteiger partial charge in [-0.25, -0.2) is 8.91 Å². The molecule has 0 aliphatic heterocycles. The molecule has 0 fully saturated rings. The maximum absolute atomic E-state index is 13.1. The summed E-state index contributed by atoms with van der Waals surface area (Å²) in [4.78, 5) is 11.4. The predicted octanol–water partition coefficient (Wildman–Crippen LogP) is 3.37. The third kappa shape index (κ3) is 2.38. The Kier molecular flexibility index (Phi) is 3.17. The molecule has 0 saturated carbocycles. The smallest absolute Gasteiger partial charge is 0.308 e. The quantitative estimate of drug-likeness (QED) is 0.678. The number of hydrogen-bond donors (Lipinski definition) is 0. The summed E-state index contributed by atoms with van der Waals surface area (Å²) in [6, 6.07) is 9.79. The highest BCUT2D eigenvalue weighted by Crippen LogP contribution is 2.36. The summed E-state index contributed by atoms with van der Waals surface area (Å²) in [5, 5.41) is 4.36. The number of rotatable bonds is 2. The summed E-state index contributed by atoms with van der Waals surface area (Å²) in [5.41, 5.74) is 2.88. The largest absolute Gasteiger partial charge is 0.424 e. The lowest BCUT2D eigenvalue weighted by molar-refractivity contribution is -0.131. The van der Waals surface area contributed by atoms with Crippen LogP contribution in [-0.4, -0.2) is 15.6 Å². The second-order valence-electron chi connectivity index (χ2n) is 4.73. The molecule has 2 heterocycles. The van der Waals surface area contributed by atoms with Gasteiger partial charge in [-0.05, 0) is 36.8 Å². The molecule has 0 bridgehead atoms. The van der Waals surface area contributed by atoms with Gasteiger partial charge in [0.25, 0.3) is 0 Å². The van der Waals surface area contributed by atoms with Crippen LogP contribution in [0.1, 0.15) is 12.6 Å². The zero-order valence-corrected chi connectivity index (χ0v) is 11.6. The molecule has 4 nitrogen and oxygen atoms in total. The second-order valence-corrected chi connectivity index (χ2v) is 4.73. The highest BCUT2D eigenvalue weighted by molar-refractivity contribution is 5.87.